The van der Waals surface area contributed by atoms with Gasteiger partial charge in [-0.05, 0) is 6.07 Å². The van der Waals surface area contributed by atoms with Crippen molar-refractivity contribution in [1.29, 1.82) is 0 Å². The number of aryl methyl sites for hydroxylation is 1. The van der Waals surface area contributed by atoms with Gasteiger partial charge < -0.3 is 5.11 Å². The molecule has 0 amide bonds. The minimum atomic E-state index is -0.980. The number of aliphatic hydroxyl groups is 1. The summed E-state index contributed by atoms with van der Waals surface area (Å²) in [4.78, 5) is 3.23. The number of ether oxygens (including phenoxy) is 1. The molecule has 2 N–H and O–H groups in total. The third-order valence-electron chi connectivity index (χ3n) is 8.52. The standard InChI is InChI=1S/C31H31BF2NO3S2/c32-29(30(37)12-15-39-16-13-30)35-14-11-31(40-25-7-4-22(33)5-8-25)26-9-6-24(17-20(26)2-10-28(31)35)38-19-21-1-3-23(34)18-27(21)36/h1,3-9,17-18,28,36-37H,2,10-16,19H2. The van der Waals surface area contributed by atoms with Gasteiger partial charge in [0.2, 0.25) is 0 Å². The van der Waals surface area contributed by atoms with Crippen LogP contribution < -0.4 is 4.74 Å². The second kappa shape index (κ2) is 11.1. The molecule has 2 saturated heterocycles. The van der Waals surface area contributed by atoms with Gasteiger partial charge in [-0.15, -0.1) is 0 Å². The maximum absolute atomic E-state index is 13.8. The molecule has 4 nitrogen and oxygen atoms in total. The summed E-state index contributed by atoms with van der Waals surface area (Å²) in [6, 6.07) is 16.7. The van der Waals surface area contributed by atoms with Crippen LogP contribution in [0.5, 0.6) is 11.5 Å². The number of phenolic OH excluding ortho intramolecular Hbond substituents is 1. The molecule has 6 rings (SSSR count). The minimum absolute atomic E-state index is 0.0802. The first-order valence-corrected chi connectivity index (χ1v) is 15.6. The van der Waals surface area contributed by atoms with Crippen molar-refractivity contribution in [2.24, 2.45) is 0 Å². The summed E-state index contributed by atoms with van der Waals surface area (Å²) in [5.41, 5.74) is 2.50. The second-order valence-corrected chi connectivity index (χ2v) is 13.5. The number of phenols is 1. The Morgan fingerprint density at radius 2 is 1.77 bits per heavy atom. The molecule has 2 unspecified atom stereocenters. The van der Waals surface area contributed by atoms with Crippen LogP contribution >= 0.6 is 23.5 Å². The van der Waals surface area contributed by atoms with Gasteiger partial charge in [-0.3, -0.25) is 0 Å². The zero-order chi connectivity index (χ0) is 27.9. The molecule has 2 fully saturated rings. The van der Waals surface area contributed by atoms with E-state index in [0.29, 0.717) is 29.7 Å². The van der Waals surface area contributed by atoms with Gasteiger partial charge in [0.05, 0.1) is 0 Å². The Morgan fingerprint density at radius 3 is 2.52 bits per heavy atom. The van der Waals surface area contributed by atoms with E-state index in [0.717, 1.165) is 48.3 Å². The van der Waals surface area contributed by atoms with Crippen molar-refractivity contribution in [1.82, 2.24) is 4.90 Å². The number of rotatable bonds is 7. The average Bonchev–Trinajstić information content (AvgIpc) is 3.33. The number of likely N-dealkylation sites (tertiary alicyclic amines) is 1. The van der Waals surface area contributed by atoms with Crippen LogP contribution in [0.15, 0.2) is 65.6 Å². The molecule has 40 heavy (non-hydrogen) atoms. The van der Waals surface area contributed by atoms with Gasteiger partial charge in [-0.25, -0.2) is 4.39 Å². The Labute approximate surface area is 243 Å². The number of halogens is 2. The summed E-state index contributed by atoms with van der Waals surface area (Å²) in [7, 11) is 6.79. The fraction of sp³-hybridized carbons (Fsp3) is 0.387. The van der Waals surface area contributed by atoms with E-state index >= 15 is 0 Å². The summed E-state index contributed by atoms with van der Waals surface area (Å²) in [6.07, 6.45) is 3.83. The SMILES string of the molecule is [B]=C(N1CCC2(Sc3ccc(F)cc3)c3ccc(OCc4ccc(F)cc4O)cc3CCC12)C1(O)CCSCC1. The molecule has 1 aliphatic carbocycles. The van der Waals surface area contributed by atoms with E-state index < -0.39 is 11.4 Å². The van der Waals surface area contributed by atoms with Crippen LogP contribution in [0.2, 0.25) is 0 Å². The summed E-state index contributed by atoms with van der Waals surface area (Å²) >= 11 is 3.60. The van der Waals surface area contributed by atoms with Gasteiger partial charge in [0.15, 0.2) is 0 Å². The fourth-order valence-corrected chi connectivity index (χ4v) is 9.11. The third kappa shape index (κ3) is 5.16. The van der Waals surface area contributed by atoms with E-state index in [2.05, 4.69) is 17.0 Å². The third-order valence-corrected chi connectivity index (χ3v) is 11.1. The van der Waals surface area contributed by atoms with Crippen LogP contribution in [0, 0.1) is 11.6 Å². The van der Waals surface area contributed by atoms with Gasteiger partial charge in [0.1, 0.15) is 5.82 Å². The number of nitrogens with zero attached hydrogens (tertiary/aromatic N) is 1. The van der Waals surface area contributed by atoms with Crippen LogP contribution in [0.1, 0.15) is 42.4 Å². The molecule has 1 radical (unpaired) electrons. The first-order chi connectivity index (χ1) is 19.3. The molecular weight excluding hydrogens is 547 g/mol. The molecule has 0 spiro atoms. The number of hydrogen-bond donors (Lipinski definition) is 2. The maximum atomic E-state index is 13.8. The monoisotopic (exact) mass is 578 g/mol. The molecule has 207 valence electrons. The Morgan fingerprint density at radius 1 is 1.02 bits per heavy atom. The van der Waals surface area contributed by atoms with E-state index in [1.165, 1.54) is 35.4 Å². The molecule has 0 aromatic heterocycles. The summed E-state index contributed by atoms with van der Waals surface area (Å²) in [6.45, 7) is 0.862. The van der Waals surface area contributed by atoms with Crippen molar-refractivity contribution in [3.05, 3.63) is 89.0 Å². The molecule has 3 aliphatic rings. The van der Waals surface area contributed by atoms with E-state index in [4.69, 9.17) is 12.2 Å². The molecule has 0 saturated carbocycles. The van der Waals surface area contributed by atoms with Gasteiger partial charge in [0, 0.05) is 6.07 Å². The van der Waals surface area contributed by atoms with E-state index in [1.807, 2.05) is 30.0 Å². The molecule has 9 heteroatoms. The van der Waals surface area contributed by atoms with E-state index in [9.17, 15) is 19.0 Å². The zero-order valence-corrected chi connectivity index (χ0v) is 23.7. The van der Waals surface area contributed by atoms with Crippen molar-refractivity contribution in [2.75, 3.05) is 18.1 Å². The van der Waals surface area contributed by atoms with Crippen molar-refractivity contribution < 1.29 is 23.7 Å². The van der Waals surface area contributed by atoms with Crippen LogP contribution in [0.4, 0.5) is 8.78 Å². The Hall–Kier alpha value is -2.49. The quantitative estimate of drug-likeness (QED) is 0.345. The van der Waals surface area contributed by atoms with Crippen LogP contribution in [0.25, 0.3) is 0 Å². The van der Waals surface area contributed by atoms with Crippen LogP contribution in [-0.2, 0) is 17.8 Å². The Bertz CT molecular complexity index is 1420. The number of thioether (sulfide) groups is 2. The van der Waals surface area contributed by atoms with Crippen LogP contribution in [-0.4, -0.2) is 57.9 Å². The van der Waals surface area contributed by atoms with Crippen molar-refractivity contribution in [3.8, 4) is 11.5 Å². The number of hydrogen-bond acceptors (Lipinski definition) is 6. The predicted molar refractivity (Wildman–Crippen MR) is 158 cm³/mol. The molecule has 2 atom stereocenters. The number of benzene rings is 3. The molecule has 3 aromatic rings. The average molecular weight is 579 g/mol. The van der Waals surface area contributed by atoms with Gasteiger partial charge >= 0.3 is 216 Å². The van der Waals surface area contributed by atoms with Crippen molar-refractivity contribution >= 4 is 36.6 Å². The van der Waals surface area contributed by atoms with Crippen molar-refractivity contribution in [3.63, 3.8) is 0 Å². The van der Waals surface area contributed by atoms with Gasteiger partial charge in [0.25, 0.3) is 0 Å². The van der Waals surface area contributed by atoms with E-state index in [1.54, 1.807) is 11.8 Å². The van der Waals surface area contributed by atoms with Gasteiger partial charge in [-0.2, -0.15) is 0 Å². The summed E-state index contributed by atoms with van der Waals surface area (Å²) in [5, 5.41) is 21.5. The van der Waals surface area contributed by atoms with Crippen molar-refractivity contribution in [2.45, 2.75) is 60.0 Å². The van der Waals surface area contributed by atoms with Crippen LogP contribution in [0.3, 0.4) is 0 Å². The van der Waals surface area contributed by atoms with E-state index in [-0.39, 0.29) is 29.0 Å². The Kier molecular flexibility index (Phi) is 7.66. The second-order valence-electron chi connectivity index (χ2n) is 10.9. The number of fused-ring (bicyclic) bond motifs is 3. The molecule has 2 heterocycles. The fourth-order valence-electron chi connectivity index (χ4n) is 6.36. The zero-order valence-electron chi connectivity index (χ0n) is 22.1. The molecular formula is C31H31BF2NO3S2. The first-order valence-electron chi connectivity index (χ1n) is 13.7. The Balaban J connectivity index is 1.31. The summed E-state index contributed by atoms with van der Waals surface area (Å²) in [5.74, 6) is 1.58. The summed E-state index contributed by atoms with van der Waals surface area (Å²) < 4.78 is 32.8. The normalized spacial score (nSPS) is 23.4. The first kappa shape index (κ1) is 27.7. The molecule has 0 bridgehead atoms. The van der Waals surface area contributed by atoms with Gasteiger partial charge in [-0.1, -0.05) is 0 Å². The number of aromatic hydroxyl groups is 1. The predicted octanol–water partition coefficient (Wildman–Crippen LogP) is 5.81. The molecule has 2 aliphatic heterocycles. The topological polar surface area (TPSA) is 52.9 Å². The molecule has 3 aromatic carbocycles.